The van der Waals surface area contributed by atoms with Gasteiger partial charge in [0.15, 0.2) is 0 Å². The first kappa shape index (κ1) is 36.5. The molecule has 3 aromatic heterocycles. The van der Waals surface area contributed by atoms with Crippen LogP contribution in [0, 0.1) is 27.7 Å². The Morgan fingerprint density at radius 3 is 2.34 bits per heavy atom. The van der Waals surface area contributed by atoms with E-state index in [0.29, 0.717) is 57.7 Å². The summed E-state index contributed by atoms with van der Waals surface area (Å²) >= 11 is 13.2. The van der Waals surface area contributed by atoms with Gasteiger partial charge in [0.1, 0.15) is 17.3 Å². The fraction of sp³-hybridized carbons (Fsp3) is 0.275. The number of anilines is 1. The van der Waals surface area contributed by atoms with Crippen LogP contribution in [-0.2, 0) is 36.3 Å². The van der Waals surface area contributed by atoms with Crippen LogP contribution in [0.1, 0.15) is 56.1 Å². The molecular formula is C40H40Cl2N6O4S. The average Bonchev–Trinajstić information content (AvgIpc) is 3.77. The number of sulfonamides is 1. The first-order valence-electron chi connectivity index (χ1n) is 17.4. The lowest BCUT2D eigenvalue weighted by atomic mass is 9.98. The van der Waals surface area contributed by atoms with Gasteiger partial charge >= 0.3 is 0 Å². The molecule has 3 heterocycles. The molecule has 10 nitrogen and oxygen atoms in total. The fourth-order valence-corrected chi connectivity index (χ4v) is 8.65. The number of nitrogens with zero attached hydrogens (tertiary/aromatic N) is 3. The van der Waals surface area contributed by atoms with Gasteiger partial charge in [-0.15, -0.1) is 0 Å². The van der Waals surface area contributed by atoms with Crippen molar-refractivity contribution >= 4 is 55.9 Å². The molecule has 0 spiro atoms. The third-order valence-corrected chi connectivity index (χ3v) is 12.2. The molecule has 0 atom stereocenters. The van der Waals surface area contributed by atoms with Gasteiger partial charge in [0, 0.05) is 52.6 Å². The summed E-state index contributed by atoms with van der Waals surface area (Å²) < 4.78 is 37.7. The highest BCUT2D eigenvalue weighted by Gasteiger charge is 2.28. The van der Waals surface area contributed by atoms with Crippen LogP contribution in [0.5, 0.6) is 5.75 Å². The Hall–Kier alpha value is -4.84. The minimum absolute atomic E-state index is 0.0752. The van der Waals surface area contributed by atoms with Gasteiger partial charge in [-0.05, 0) is 105 Å². The second-order valence-corrected chi connectivity index (χ2v) is 16.1. The molecule has 1 amide bonds. The summed E-state index contributed by atoms with van der Waals surface area (Å²) in [6.07, 6.45) is 3.99. The van der Waals surface area contributed by atoms with Gasteiger partial charge in [-0.1, -0.05) is 53.5 Å². The van der Waals surface area contributed by atoms with E-state index in [9.17, 15) is 13.2 Å². The number of hydrogen-bond donors (Lipinski definition) is 3. The molecule has 1 aliphatic carbocycles. The highest BCUT2D eigenvalue weighted by molar-refractivity contribution is 7.90. The van der Waals surface area contributed by atoms with E-state index in [1.54, 1.807) is 10.7 Å². The molecule has 0 saturated heterocycles. The Bertz CT molecular complexity index is 2460. The van der Waals surface area contributed by atoms with Gasteiger partial charge in [0.25, 0.3) is 15.9 Å². The number of ether oxygens (including phenoxy) is 1. The maximum Gasteiger partial charge on any atom is 0.281 e. The van der Waals surface area contributed by atoms with E-state index < -0.39 is 15.9 Å². The number of aryl methyl sites for hydroxylation is 5. The summed E-state index contributed by atoms with van der Waals surface area (Å²) in [7, 11) is -2.44. The lowest BCUT2D eigenvalue weighted by Gasteiger charge is -2.14. The third kappa shape index (κ3) is 7.25. The zero-order valence-corrected chi connectivity index (χ0v) is 32.4. The molecule has 0 fully saturated rings. The normalized spacial score (nSPS) is 13.0. The minimum atomic E-state index is -4.30. The lowest BCUT2D eigenvalue weighted by molar-refractivity contribution is 0.0976. The molecule has 0 bridgehead atoms. The summed E-state index contributed by atoms with van der Waals surface area (Å²) in [5, 5.41) is 9.88. The number of carbonyl (C=O) groups is 1. The van der Waals surface area contributed by atoms with E-state index in [0.717, 1.165) is 46.3 Å². The number of nitrogens with one attached hydrogen (secondary N) is 3. The SMILES string of the molecule is Cc1cc(OCCCc2c(C(=O)NS(=O)(=O)c3ccnc(NC4Cc5ccccc5C4)c3)[nH]c3c(-c4c(C)nn(C)c4C)c(Cl)ccc23)cc(C)c1Cl. The second-order valence-electron chi connectivity index (χ2n) is 13.6. The smallest absolute Gasteiger partial charge is 0.281 e. The van der Waals surface area contributed by atoms with E-state index in [1.165, 1.54) is 29.5 Å². The number of benzene rings is 3. The Kier molecular flexibility index (Phi) is 10.0. The van der Waals surface area contributed by atoms with Crippen molar-refractivity contribution in [2.75, 3.05) is 11.9 Å². The van der Waals surface area contributed by atoms with Crippen LogP contribution in [0.25, 0.3) is 22.0 Å². The summed E-state index contributed by atoms with van der Waals surface area (Å²) in [6.45, 7) is 8.07. The highest BCUT2D eigenvalue weighted by atomic mass is 35.5. The molecule has 13 heteroatoms. The number of carbonyl (C=O) groups excluding carboxylic acids is 1. The van der Waals surface area contributed by atoms with Gasteiger partial charge in [-0.2, -0.15) is 5.10 Å². The van der Waals surface area contributed by atoms with Crippen LogP contribution >= 0.6 is 23.2 Å². The fourth-order valence-electron chi connectivity index (χ4n) is 7.31. The number of halogens is 2. The van der Waals surface area contributed by atoms with Gasteiger partial charge in [-0.25, -0.2) is 18.1 Å². The Morgan fingerprint density at radius 1 is 0.981 bits per heavy atom. The largest absolute Gasteiger partial charge is 0.494 e. The van der Waals surface area contributed by atoms with Crippen LogP contribution in [-0.4, -0.2) is 46.7 Å². The minimum Gasteiger partial charge on any atom is -0.494 e. The summed E-state index contributed by atoms with van der Waals surface area (Å²) in [6, 6.07) is 18.6. The molecular weight excluding hydrogens is 731 g/mol. The van der Waals surface area contributed by atoms with Crippen LogP contribution in [0.2, 0.25) is 10.0 Å². The Balaban J connectivity index is 1.18. The van der Waals surface area contributed by atoms with E-state index in [2.05, 4.69) is 37.2 Å². The van der Waals surface area contributed by atoms with Crippen molar-refractivity contribution in [2.45, 2.75) is 64.3 Å². The van der Waals surface area contributed by atoms with Gasteiger partial charge in [-0.3, -0.25) is 9.48 Å². The maximum absolute atomic E-state index is 14.1. The summed E-state index contributed by atoms with van der Waals surface area (Å²) in [5.74, 6) is 0.324. The summed E-state index contributed by atoms with van der Waals surface area (Å²) in [4.78, 5) is 21.7. The van der Waals surface area contributed by atoms with E-state index >= 15 is 0 Å². The predicted octanol–water partition coefficient (Wildman–Crippen LogP) is 8.21. The van der Waals surface area contributed by atoms with Crippen molar-refractivity contribution in [3.05, 3.63) is 122 Å². The second kappa shape index (κ2) is 14.5. The number of fused-ring (bicyclic) bond motifs is 2. The molecule has 0 saturated carbocycles. The van der Waals surface area contributed by atoms with Crippen LogP contribution in [0.4, 0.5) is 5.82 Å². The molecule has 6 aromatic rings. The number of hydrogen-bond acceptors (Lipinski definition) is 7. The number of aromatic nitrogens is 4. The molecule has 274 valence electrons. The van der Waals surface area contributed by atoms with Crippen molar-refractivity contribution in [1.29, 1.82) is 0 Å². The van der Waals surface area contributed by atoms with Crippen molar-refractivity contribution < 1.29 is 17.9 Å². The molecule has 3 N–H and O–H groups in total. The van der Waals surface area contributed by atoms with Crippen molar-refractivity contribution in [2.24, 2.45) is 7.05 Å². The predicted molar refractivity (Wildman–Crippen MR) is 210 cm³/mol. The Labute approximate surface area is 318 Å². The van der Waals surface area contributed by atoms with Crippen molar-refractivity contribution in [1.82, 2.24) is 24.5 Å². The number of amides is 1. The van der Waals surface area contributed by atoms with Crippen molar-refractivity contribution in [3.8, 4) is 16.9 Å². The molecule has 53 heavy (non-hydrogen) atoms. The van der Waals surface area contributed by atoms with Gasteiger partial charge < -0.3 is 15.0 Å². The van der Waals surface area contributed by atoms with Gasteiger partial charge in [0.2, 0.25) is 0 Å². The third-order valence-electron chi connectivity index (χ3n) is 9.94. The highest BCUT2D eigenvalue weighted by Crippen LogP contribution is 2.40. The van der Waals surface area contributed by atoms with Crippen LogP contribution < -0.4 is 14.8 Å². The molecule has 1 aliphatic rings. The molecule has 0 radical (unpaired) electrons. The number of aromatic amines is 1. The van der Waals surface area contributed by atoms with Crippen LogP contribution in [0.3, 0.4) is 0 Å². The van der Waals surface area contributed by atoms with E-state index in [1.807, 2.05) is 65.1 Å². The van der Waals surface area contributed by atoms with E-state index in [-0.39, 0.29) is 16.6 Å². The van der Waals surface area contributed by atoms with Gasteiger partial charge in [0.05, 0.1) is 27.7 Å². The molecule has 0 aliphatic heterocycles. The lowest BCUT2D eigenvalue weighted by Crippen LogP contribution is -2.31. The topological polar surface area (TPSA) is 131 Å². The molecule has 3 aromatic carbocycles. The first-order chi connectivity index (χ1) is 25.3. The number of rotatable bonds is 11. The van der Waals surface area contributed by atoms with Crippen LogP contribution in [0.15, 0.2) is 71.8 Å². The monoisotopic (exact) mass is 770 g/mol. The molecule has 0 unspecified atom stereocenters. The van der Waals surface area contributed by atoms with E-state index in [4.69, 9.17) is 27.9 Å². The zero-order chi connectivity index (χ0) is 37.6. The van der Waals surface area contributed by atoms with Crippen molar-refractivity contribution in [3.63, 3.8) is 0 Å². The number of pyridine rings is 1. The Morgan fingerprint density at radius 2 is 1.68 bits per heavy atom. The summed E-state index contributed by atoms with van der Waals surface area (Å²) in [5.41, 5.74) is 8.96. The first-order valence-corrected chi connectivity index (χ1v) is 19.6. The zero-order valence-electron chi connectivity index (χ0n) is 30.1. The average molecular weight is 772 g/mol. The quantitative estimate of drug-likeness (QED) is 0.113. The standard InChI is InChI=1S/C40H40Cl2N6O4S/c1-22-17-29(18-23(2)37(22)42)52-16-8-11-31-32-12-13-33(41)36(35-24(3)46-48(5)25(35)4)38(32)45-39(31)40(49)47-53(50,51)30-14-15-43-34(21-30)44-28-19-26-9-6-7-10-27(26)20-28/h6-7,9-10,12-15,17-18,21,28,45H,8,11,16,19-20H2,1-5H3,(H,43,44)(H,47,49). The maximum atomic E-state index is 14.1. The molecule has 7 rings (SSSR count). The number of H-pyrrole nitrogens is 1.